The van der Waals surface area contributed by atoms with Crippen LogP contribution in [0.3, 0.4) is 0 Å². The van der Waals surface area contributed by atoms with E-state index >= 15 is 0 Å². The quantitative estimate of drug-likeness (QED) is 0.676. The van der Waals surface area contributed by atoms with Gasteiger partial charge in [-0.3, -0.25) is 0 Å². The number of fused-ring (bicyclic) bond motifs is 2. The summed E-state index contributed by atoms with van der Waals surface area (Å²) in [6, 6.07) is 0. The second kappa shape index (κ2) is 3.48. The molecule has 0 aliphatic heterocycles. The van der Waals surface area contributed by atoms with Crippen LogP contribution in [0, 0.1) is 11.8 Å². The number of alkyl halides is 3. The lowest BCUT2D eigenvalue weighted by atomic mass is 9.91. The summed E-state index contributed by atoms with van der Waals surface area (Å²) in [5.74, 6) is -0.576. The Bertz CT molecular complexity index is 262. The zero-order valence-electron chi connectivity index (χ0n) is 10.0. The molecule has 0 aromatic rings. The monoisotopic (exact) mass is 252 g/mol. The summed E-state index contributed by atoms with van der Waals surface area (Å²) in [7, 11) is -2.17. The van der Waals surface area contributed by atoms with Gasteiger partial charge in [-0.25, -0.2) is 0 Å². The molecule has 0 aromatic carbocycles. The minimum absolute atomic E-state index is 0.288. The molecule has 0 N–H and O–H groups in total. The van der Waals surface area contributed by atoms with Crippen LogP contribution in [0.1, 0.15) is 25.7 Å². The van der Waals surface area contributed by atoms with Crippen molar-refractivity contribution in [2.45, 2.75) is 57.1 Å². The highest BCUT2D eigenvalue weighted by Crippen LogP contribution is 2.61. The Hall–Kier alpha value is -0.0331. The van der Waals surface area contributed by atoms with Crippen molar-refractivity contribution in [3.05, 3.63) is 0 Å². The lowest BCUT2D eigenvalue weighted by Gasteiger charge is -2.41. The fourth-order valence-electron chi connectivity index (χ4n) is 3.48. The molecular formula is C11H19F3OSi. The molecule has 2 saturated carbocycles. The normalized spacial score (nSPS) is 39.4. The van der Waals surface area contributed by atoms with Gasteiger partial charge in [0.15, 0.2) is 13.9 Å². The molecule has 1 nitrogen and oxygen atoms in total. The Morgan fingerprint density at radius 2 is 1.38 bits per heavy atom. The van der Waals surface area contributed by atoms with Crippen LogP contribution >= 0.6 is 0 Å². The first-order valence-electron chi connectivity index (χ1n) is 5.94. The smallest absolute Gasteiger partial charge is 0.403 e. The summed E-state index contributed by atoms with van der Waals surface area (Å²) in [5.41, 5.74) is -1.79. The van der Waals surface area contributed by atoms with Crippen LogP contribution in [0.4, 0.5) is 13.2 Å². The third-order valence-corrected chi connectivity index (χ3v) is 4.81. The molecule has 94 valence electrons. The van der Waals surface area contributed by atoms with E-state index in [-0.39, 0.29) is 11.8 Å². The number of halogens is 3. The van der Waals surface area contributed by atoms with Crippen LogP contribution < -0.4 is 0 Å². The first kappa shape index (κ1) is 12.4. The highest BCUT2D eigenvalue weighted by atomic mass is 28.4. The molecule has 2 fully saturated rings. The summed E-state index contributed by atoms with van der Waals surface area (Å²) < 4.78 is 45.8. The van der Waals surface area contributed by atoms with Gasteiger partial charge in [0.1, 0.15) is 0 Å². The molecule has 2 aliphatic carbocycles. The van der Waals surface area contributed by atoms with Gasteiger partial charge in [-0.2, -0.15) is 13.2 Å². The third kappa shape index (κ3) is 1.72. The maximum atomic E-state index is 13.4. The molecule has 2 aliphatic rings. The Kier molecular flexibility index (Phi) is 2.70. The minimum Gasteiger partial charge on any atom is -0.403 e. The van der Waals surface area contributed by atoms with E-state index in [9.17, 15) is 13.2 Å². The molecule has 0 aromatic heterocycles. The zero-order chi connectivity index (χ0) is 12.2. The van der Waals surface area contributed by atoms with Crippen molar-refractivity contribution in [1.82, 2.24) is 0 Å². The SMILES string of the molecule is C[Si](C)(C)OC1(C(F)(F)F)C2CCC1CC2. The van der Waals surface area contributed by atoms with E-state index in [4.69, 9.17) is 4.43 Å². The van der Waals surface area contributed by atoms with Gasteiger partial charge in [0.2, 0.25) is 0 Å². The molecule has 0 spiro atoms. The van der Waals surface area contributed by atoms with Crippen LogP contribution in [0.2, 0.25) is 19.6 Å². The molecular weight excluding hydrogens is 233 g/mol. The van der Waals surface area contributed by atoms with E-state index in [0.29, 0.717) is 25.7 Å². The molecule has 0 radical (unpaired) electrons. The van der Waals surface area contributed by atoms with Gasteiger partial charge in [-0.15, -0.1) is 0 Å². The number of rotatable bonds is 2. The Morgan fingerprint density at radius 3 is 1.62 bits per heavy atom. The molecule has 0 heterocycles. The summed E-state index contributed by atoms with van der Waals surface area (Å²) in [4.78, 5) is 0. The van der Waals surface area contributed by atoms with E-state index < -0.39 is 20.1 Å². The maximum Gasteiger partial charge on any atom is 0.416 e. The van der Waals surface area contributed by atoms with Crippen LogP contribution in [0.5, 0.6) is 0 Å². The van der Waals surface area contributed by atoms with Crippen molar-refractivity contribution in [2.24, 2.45) is 11.8 Å². The van der Waals surface area contributed by atoms with Gasteiger partial charge in [0.25, 0.3) is 0 Å². The van der Waals surface area contributed by atoms with Crippen molar-refractivity contribution in [1.29, 1.82) is 0 Å². The largest absolute Gasteiger partial charge is 0.416 e. The molecule has 0 unspecified atom stereocenters. The van der Waals surface area contributed by atoms with Crippen molar-refractivity contribution in [2.75, 3.05) is 0 Å². The molecule has 5 heteroatoms. The predicted octanol–water partition coefficient (Wildman–Crippen LogP) is 3.96. The van der Waals surface area contributed by atoms with Gasteiger partial charge in [-0.1, -0.05) is 0 Å². The fraction of sp³-hybridized carbons (Fsp3) is 1.00. The zero-order valence-corrected chi connectivity index (χ0v) is 11.0. The highest BCUT2D eigenvalue weighted by molar-refractivity contribution is 6.69. The second-order valence-electron chi connectivity index (χ2n) is 6.05. The molecule has 0 atom stereocenters. The van der Waals surface area contributed by atoms with E-state index in [2.05, 4.69) is 0 Å². The molecule has 0 amide bonds. The third-order valence-electron chi connectivity index (χ3n) is 3.86. The lowest BCUT2D eigenvalue weighted by Crippen LogP contribution is -2.56. The maximum absolute atomic E-state index is 13.4. The lowest BCUT2D eigenvalue weighted by molar-refractivity contribution is -0.268. The first-order chi connectivity index (χ1) is 7.17. The first-order valence-corrected chi connectivity index (χ1v) is 9.34. The Balaban J connectivity index is 2.35. The average Bonchev–Trinajstić information content (AvgIpc) is 2.57. The van der Waals surface area contributed by atoms with Crippen LogP contribution in [-0.4, -0.2) is 20.1 Å². The molecule has 0 saturated heterocycles. The van der Waals surface area contributed by atoms with E-state index in [1.807, 2.05) is 19.6 Å². The topological polar surface area (TPSA) is 9.23 Å². The van der Waals surface area contributed by atoms with Gasteiger partial charge in [0, 0.05) is 0 Å². The van der Waals surface area contributed by atoms with Crippen molar-refractivity contribution < 1.29 is 17.6 Å². The minimum atomic E-state index is -4.20. The Morgan fingerprint density at radius 1 is 1.00 bits per heavy atom. The van der Waals surface area contributed by atoms with Crippen LogP contribution in [0.25, 0.3) is 0 Å². The molecule has 16 heavy (non-hydrogen) atoms. The molecule has 2 bridgehead atoms. The van der Waals surface area contributed by atoms with Crippen molar-refractivity contribution >= 4 is 8.32 Å². The summed E-state index contributed by atoms with van der Waals surface area (Å²) in [5, 5.41) is 0. The highest BCUT2D eigenvalue weighted by Gasteiger charge is 2.70. The van der Waals surface area contributed by atoms with E-state index in [0.717, 1.165) is 0 Å². The summed E-state index contributed by atoms with van der Waals surface area (Å²) in [6.45, 7) is 5.54. The van der Waals surface area contributed by atoms with E-state index in [1.165, 1.54) is 0 Å². The second-order valence-corrected chi connectivity index (χ2v) is 10.5. The van der Waals surface area contributed by atoms with Gasteiger partial charge >= 0.3 is 6.18 Å². The van der Waals surface area contributed by atoms with Gasteiger partial charge < -0.3 is 4.43 Å². The fourth-order valence-corrected chi connectivity index (χ4v) is 4.94. The van der Waals surface area contributed by atoms with Gasteiger partial charge in [-0.05, 0) is 57.2 Å². The van der Waals surface area contributed by atoms with Crippen LogP contribution in [0.15, 0.2) is 0 Å². The number of hydrogen-bond acceptors (Lipinski definition) is 1. The standard InChI is InChI=1S/C11H19F3OSi/c1-16(2,3)15-10(11(12,13)14)8-4-5-9(10)7-6-8/h8-9H,4-7H2,1-3H3. The van der Waals surface area contributed by atoms with Crippen LogP contribution in [-0.2, 0) is 4.43 Å². The van der Waals surface area contributed by atoms with Crippen molar-refractivity contribution in [3.8, 4) is 0 Å². The van der Waals surface area contributed by atoms with E-state index in [1.54, 1.807) is 0 Å². The van der Waals surface area contributed by atoms with Crippen molar-refractivity contribution in [3.63, 3.8) is 0 Å². The average molecular weight is 252 g/mol. The molecule has 2 rings (SSSR count). The summed E-state index contributed by atoms with van der Waals surface area (Å²) >= 11 is 0. The Labute approximate surface area is 95.5 Å². The number of hydrogen-bond donors (Lipinski definition) is 0. The van der Waals surface area contributed by atoms with Gasteiger partial charge in [0.05, 0.1) is 0 Å². The predicted molar refractivity (Wildman–Crippen MR) is 58.7 cm³/mol. The summed E-state index contributed by atoms with van der Waals surface area (Å²) in [6.07, 6.45) is -1.44.